The maximum Gasteiger partial charge on any atom is 0.118 e. The second-order valence-corrected chi connectivity index (χ2v) is 5.18. The summed E-state index contributed by atoms with van der Waals surface area (Å²) in [6, 6.07) is 14.2. The molecule has 0 aliphatic carbocycles. The number of methoxy groups -OCH3 is 1. The summed E-state index contributed by atoms with van der Waals surface area (Å²) in [7, 11) is 1.67. The maximum absolute atomic E-state index is 5.16. The molecule has 1 aromatic heterocycles. The second kappa shape index (κ2) is 5.05. The average molecular weight is 317 g/mol. The van der Waals surface area contributed by atoms with Gasteiger partial charge in [-0.3, -0.25) is 4.68 Å². The number of ether oxygens (including phenoxy) is 1. The van der Waals surface area contributed by atoms with Gasteiger partial charge in [-0.2, -0.15) is 5.10 Å². The third-order valence-electron chi connectivity index (χ3n) is 3.10. The van der Waals surface area contributed by atoms with Crippen molar-refractivity contribution >= 4 is 26.8 Å². The predicted molar refractivity (Wildman–Crippen MR) is 79.5 cm³/mol. The first-order valence-corrected chi connectivity index (χ1v) is 6.80. The molecule has 0 bridgehead atoms. The fraction of sp³-hybridized carbons (Fsp3) is 0.133. The van der Waals surface area contributed by atoms with E-state index in [0.29, 0.717) is 0 Å². The Morgan fingerprint density at radius 2 is 1.95 bits per heavy atom. The normalized spacial score (nSPS) is 10.8. The third kappa shape index (κ3) is 2.36. The van der Waals surface area contributed by atoms with Gasteiger partial charge in [0.2, 0.25) is 0 Å². The second-order valence-electron chi connectivity index (χ2n) is 4.33. The lowest BCUT2D eigenvalue weighted by atomic mass is 10.2. The number of para-hydroxylation sites is 1. The molecule has 3 aromatic rings. The summed E-state index contributed by atoms with van der Waals surface area (Å²) in [4.78, 5) is 0. The van der Waals surface area contributed by atoms with Crippen molar-refractivity contribution in [2.24, 2.45) is 0 Å². The molecule has 96 valence electrons. The number of hydrogen-bond donors (Lipinski definition) is 0. The first kappa shape index (κ1) is 12.2. The van der Waals surface area contributed by atoms with Crippen LogP contribution in [0.15, 0.2) is 53.1 Å². The molecule has 3 nitrogen and oxygen atoms in total. The van der Waals surface area contributed by atoms with Gasteiger partial charge in [-0.25, -0.2) is 0 Å². The fourth-order valence-corrected chi connectivity index (χ4v) is 2.71. The van der Waals surface area contributed by atoms with Gasteiger partial charge in [0.25, 0.3) is 0 Å². The predicted octanol–water partition coefficient (Wildman–Crippen LogP) is 3.86. The molecule has 0 amide bonds. The van der Waals surface area contributed by atoms with Gasteiger partial charge in [0.1, 0.15) is 5.75 Å². The van der Waals surface area contributed by atoms with Crippen molar-refractivity contribution in [3.63, 3.8) is 0 Å². The Labute approximate surface area is 119 Å². The highest BCUT2D eigenvalue weighted by molar-refractivity contribution is 9.10. The van der Waals surface area contributed by atoms with Crippen LogP contribution >= 0.6 is 15.9 Å². The van der Waals surface area contributed by atoms with Gasteiger partial charge in [0.15, 0.2) is 0 Å². The molecule has 0 N–H and O–H groups in total. The van der Waals surface area contributed by atoms with Crippen LogP contribution in [-0.2, 0) is 6.54 Å². The maximum atomic E-state index is 5.16. The van der Waals surface area contributed by atoms with E-state index >= 15 is 0 Å². The van der Waals surface area contributed by atoms with Crippen molar-refractivity contribution in [3.05, 3.63) is 58.7 Å². The van der Waals surface area contributed by atoms with E-state index in [2.05, 4.69) is 39.2 Å². The lowest BCUT2D eigenvalue weighted by molar-refractivity contribution is 0.414. The summed E-state index contributed by atoms with van der Waals surface area (Å²) in [5.74, 6) is 0.871. The van der Waals surface area contributed by atoms with Crippen LogP contribution in [-0.4, -0.2) is 16.9 Å². The largest absolute Gasteiger partial charge is 0.497 e. The Bertz CT molecular complexity index is 704. The van der Waals surface area contributed by atoms with E-state index in [-0.39, 0.29) is 0 Å². The van der Waals surface area contributed by atoms with Gasteiger partial charge in [-0.1, -0.05) is 24.3 Å². The van der Waals surface area contributed by atoms with Crippen LogP contribution in [0.5, 0.6) is 5.75 Å². The Morgan fingerprint density at radius 3 is 2.68 bits per heavy atom. The van der Waals surface area contributed by atoms with E-state index in [1.807, 2.05) is 35.1 Å². The van der Waals surface area contributed by atoms with Crippen LogP contribution in [0.1, 0.15) is 5.56 Å². The zero-order chi connectivity index (χ0) is 13.2. The van der Waals surface area contributed by atoms with Gasteiger partial charge in [0.05, 0.1) is 25.4 Å². The van der Waals surface area contributed by atoms with Gasteiger partial charge in [-0.05, 0) is 39.7 Å². The summed E-state index contributed by atoms with van der Waals surface area (Å²) >= 11 is 3.58. The molecule has 3 rings (SSSR count). The first-order valence-electron chi connectivity index (χ1n) is 6.01. The van der Waals surface area contributed by atoms with Crippen molar-refractivity contribution in [1.82, 2.24) is 9.78 Å². The van der Waals surface area contributed by atoms with Gasteiger partial charge in [-0.15, -0.1) is 0 Å². The Kier molecular flexibility index (Phi) is 3.25. The van der Waals surface area contributed by atoms with Crippen LogP contribution in [0.3, 0.4) is 0 Å². The molecule has 0 unspecified atom stereocenters. The van der Waals surface area contributed by atoms with E-state index in [1.54, 1.807) is 7.11 Å². The van der Waals surface area contributed by atoms with Crippen molar-refractivity contribution < 1.29 is 4.74 Å². The lowest BCUT2D eigenvalue weighted by Gasteiger charge is -2.06. The van der Waals surface area contributed by atoms with Gasteiger partial charge >= 0.3 is 0 Å². The zero-order valence-electron chi connectivity index (χ0n) is 10.5. The minimum Gasteiger partial charge on any atom is -0.497 e. The molecule has 0 saturated carbocycles. The van der Waals surface area contributed by atoms with E-state index in [4.69, 9.17) is 4.74 Å². The van der Waals surface area contributed by atoms with Crippen molar-refractivity contribution in [3.8, 4) is 5.75 Å². The lowest BCUT2D eigenvalue weighted by Crippen LogP contribution is -2.01. The zero-order valence-corrected chi connectivity index (χ0v) is 12.1. The van der Waals surface area contributed by atoms with E-state index < -0.39 is 0 Å². The van der Waals surface area contributed by atoms with Crippen LogP contribution in [0.4, 0.5) is 0 Å². The molecule has 0 saturated heterocycles. The molecule has 0 spiro atoms. The van der Waals surface area contributed by atoms with Gasteiger partial charge in [0, 0.05) is 9.86 Å². The number of fused-ring (bicyclic) bond motifs is 1. The van der Waals surface area contributed by atoms with E-state index in [0.717, 1.165) is 27.7 Å². The highest BCUT2D eigenvalue weighted by Gasteiger charge is 2.06. The Morgan fingerprint density at radius 1 is 1.16 bits per heavy atom. The van der Waals surface area contributed by atoms with Crippen LogP contribution in [0.2, 0.25) is 0 Å². The average Bonchev–Trinajstić information content (AvgIpc) is 2.84. The number of aromatic nitrogens is 2. The summed E-state index contributed by atoms with van der Waals surface area (Å²) in [5.41, 5.74) is 2.32. The molecule has 0 fully saturated rings. The Balaban J connectivity index is 1.96. The van der Waals surface area contributed by atoms with Crippen LogP contribution in [0.25, 0.3) is 10.9 Å². The summed E-state index contributed by atoms with van der Waals surface area (Å²) in [6.45, 7) is 0.746. The molecule has 0 radical (unpaired) electrons. The number of hydrogen-bond acceptors (Lipinski definition) is 2. The SMILES string of the molecule is COc1ccc(Cn2ncc3cccc(Br)c32)cc1. The molecule has 1 heterocycles. The minimum atomic E-state index is 0.746. The topological polar surface area (TPSA) is 27.1 Å². The van der Waals surface area contributed by atoms with Crippen molar-refractivity contribution in [2.75, 3.05) is 7.11 Å². The smallest absolute Gasteiger partial charge is 0.118 e. The molecular formula is C15H13BrN2O. The van der Waals surface area contributed by atoms with Crippen LogP contribution < -0.4 is 4.74 Å². The minimum absolute atomic E-state index is 0.746. The summed E-state index contributed by atoms with van der Waals surface area (Å²) in [5, 5.41) is 5.59. The van der Waals surface area contributed by atoms with Gasteiger partial charge < -0.3 is 4.74 Å². The number of nitrogens with zero attached hydrogens (tertiary/aromatic N) is 2. The molecule has 0 aliphatic heterocycles. The van der Waals surface area contributed by atoms with Crippen LogP contribution in [0, 0.1) is 0 Å². The Hall–Kier alpha value is -1.81. The molecule has 4 heteroatoms. The first-order chi connectivity index (χ1) is 9.28. The van der Waals surface area contributed by atoms with Crippen molar-refractivity contribution in [2.45, 2.75) is 6.54 Å². The molecule has 2 aromatic carbocycles. The molecule has 19 heavy (non-hydrogen) atoms. The number of benzene rings is 2. The third-order valence-corrected chi connectivity index (χ3v) is 3.74. The standard InChI is InChI=1S/C15H13BrN2O/c1-19-13-7-5-11(6-8-13)10-18-15-12(9-17-18)3-2-4-14(15)16/h2-9H,10H2,1H3. The molecule has 0 atom stereocenters. The molecule has 0 aliphatic rings. The summed E-state index contributed by atoms with van der Waals surface area (Å²) < 4.78 is 8.23. The van der Waals surface area contributed by atoms with E-state index in [9.17, 15) is 0 Å². The number of halogens is 1. The fourth-order valence-electron chi connectivity index (χ4n) is 2.12. The number of rotatable bonds is 3. The van der Waals surface area contributed by atoms with E-state index in [1.165, 1.54) is 5.56 Å². The quantitative estimate of drug-likeness (QED) is 0.733. The highest BCUT2D eigenvalue weighted by atomic mass is 79.9. The molecular weight excluding hydrogens is 304 g/mol. The monoisotopic (exact) mass is 316 g/mol. The van der Waals surface area contributed by atoms with Crippen molar-refractivity contribution in [1.29, 1.82) is 0 Å². The summed E-state index contributed by atoms with van der Waals surface area (Å²) in [6.07, 6.45) is 1.89. The highest BCUT2D eigenvalue weighted by Crippen LogP contribution is 2.24.